The Morgan fingerprint density at radius 3 is 2.38 bits per heavy atom. The van der Waals surface area contributed by atoms with Gasteiger partial charge in [-0.3, -0.25) is 29.6 Å². The minimum atomic E-state index is -3.68. The highest BCUT2D eigenvalue weighted by Gasteiger charge is 2.26. The monoisotopic (exact) mass is 485 g/mol. The Morgan fingerprint density at radius 2 is 1.65 bits per heavy atom. The van der Waals surface area contributed by atoms with E-state index in [-0.39, 0.29) is 29.1 Å². The average molecular weight is 486 g/mol. The molecule has 0 saturated carbocycles. The zero-order valence-electron chi connectivity index (χ0n) is 18.9. The summed E-state index contributed by atoms with van der Waals surface area (Å²) in [4.78, 5) is 37.3. The van der Waals surface area contributed by atoms with Crippen molar-refractivity contribution in [3.05, 3.63) is 64.6 Å². The molecule has 11 heteroatoms. The number of carbonyl (C=O) groups is 2. The molecular formula is C23H27N5O5S. The summed E-state index contributed by atoms with van der Waals surface area (Å²) in [5, 5.41) is 0. The first-order chi connectivity index (χ1) is 16.3. The van der Waals surface area contributed by atoms with Crippen LogP contribution >= 0.6 is 0 Å². The van der Waals surface area contributed by atoms with E-state index in [2.05, 4.69) is 10.9 Å². The van der Waals surface area contributed by atoms with Crippen LogP contribution in [0, 0.1) is 0 Å². The van der Waals surface area contributed by atoms with Gasteiger partial charge in [0.25, 0.3) is 5.91 Å². The van der Waals surface area contributed by atoms with Crippen molar-refractivity contribution in [3.63, 3.8) is 0 Å². The third kappa shape index (κ3) is 4.75. The lowest BCUT2D eigenvalue weighted by Crippen LogP contribution is -2.42. The lowest BCUT2D eigenvalue weighted by molar-refractivity contribution is -0.122. The topological polar surface area (TPSA) is 123 Å². The number of sulfonamides is 1. The highest BCUT2D eigenvalue weighted by atomic mass is 32.2. The van der Waals surface area contributed by atoms with Gasteiger partial charge in [-0.15, -0.1) is 0 Å². The Bertz CT molecular complexity index is 1390. The van der Waals surface area contributed by atoms with Crippen molar-refractivity contribution < 1.29 is 18.0 Å². The first kappa shape index (κ1) is 23.7. The number of benzene rings is 2. The number of nitrogens with one attached hydrogen (secondary N) is 2. The van der Waals surface area contributed by atoms with E-state index in [1.54, 1.807) is 13.1 Å². The lowest BCUT2D eigenvalue weighted by Gasteiger charge is -2.26. The number of imidazole rings is 1. The Morgan fingerprint density at radius 1 is 0.941 bits per heavy atom. The molecule has 2 aromatic carbocycles. The maximum atomic E-state index is 12.9. The van der Waals surface area contributed by atoms with Crippen LogP contribution in [0.1, 0.15) is 36.0 Å². The summed E-state index contributed by atoms with van der Waals surface area (Å²) in [6.45, 7) is 1.08. The van der Waals surface area contributed by atoms with Crippen LogP contribution in [0.5, 0.6) is 0 Å². The molecule has 2 amide bonds. The first-order valence-corrected chi connectivity index (χ1v) is 12.6. The number of hydrazine groups is 1. The molecule has 0 unspecified atom stereocenters. The summed E-state index contributed by atoms with van der Waals surface area (Å²) < 4.78 is 30.2. The number of amides is 2. The number of rotatable bonds is 6. The van der Waals surface area contributed by atoms with Crippen molar-refractivity contribution in [2.75, 3.05) is 13.1 Å². The number of nitrogens with zero attached hydrogens (tertiary/aromatic N) is 3. The van der Waals surface area contributed by atoms with Crippen LogP contribution in [-0.2, 0) is 28.4 Å². The van der Waals surface area contributed by atoms with Crippen LogP contribution in [0.2, 0.25) is 0 Å². The number of piperidine rings is 1. The molecule has 0 bridgehead atoms. The van der Waals surface area contributed by atoms with Crippen molar-refractivity contribution >= 4 is 32.9 Å². The minimum absolute atomic E-state index is 0.0302. The number of carbonyl (C=O) groups excluding carboxylic acids is 2. The second-order valence-corrected chi connectivity index (χ2v) is 10.2. The van der Waals surface area contributed by atoms with Crippen molar-refractivity contribution in [3.8, 4) is 0 Å². The van der Waals surface area contributed by atoms with Crippen LogP contribution in [0.25, 0.3) is 11.0 Å². The maximum Gasteiger partial charge on any atom is 0.328 e. The number of hydrogen-bond acceptors (Lipinski definition) is 5. The van der Waals surface area contributed by atoms with Gasteiger partial charge in [0.2, 0.25) is 15.9 Å². The van der Waals surface area contributed by atoms with E-state index < -0.39 is 21.8 Å². The van der Waals surface area contributed by atoms with Crippen molar-refractivity contribution in [1.29, 1.82) is 0 Å². The fourth-order valence-corrected chi connectivity index (χ4v) is 5.67. The number of aryl methyl sites for hydroxylation is 2. The van der Waals surface area contributed by atoms with Crippen LogP contribution in [0.4, 0.5) is 0 Å². The number of aromatic nitrogens is 2. The molecule has 1 aliphatic rings. The molecule has 10 nitrogen and oxygen atoms in total. The summed E-state index contributed by atoms with van der Waals surface area (Å²) in [6.07, 6.45) is 2.60. The average Bonchev–Trinajstić information content (AvgIpc) is 3.11. The Hall–Kier alpha value is -3.44. The van der Waals surface area contributed by atoms with Gasteiger partial charge in [-0.2, -0.15) is 4.31 Å². The number of para-hydroxylation sites is 2. The van der Waals surface area contributed by atoms with Gasteiger partial charge in [-0.25, -0.2) is 13.2 Å². The second kappa shape index (κ2) is 9.82. The molecule has 4 rings (SSSR count). The Balaban J connectivity index is 1.37. The van der Waals surface area contributed by atoms with Crippen LogP contribution in [-0.4, -0.2) is 46.8 Å². The molecule has 0 atom stereocenters. The lowest BCUT2D eigenvalue weighted by atomic mass is 10.2. The predicted octanol–water partition coefficient (Wildman–Crippen LogP) is 1.37. The zero-order chi connectivity index (χ0) is 24.3. The van der Waals surface area contributed by atoms with Crippen molar-refractivity contribution in [2.45, 2.75) is 37.1 Å². The van der Waals surface area contributed by atoms with Gasteiger partial charge in [0.15, 0.2) is 0 Å². The van der Waals surface area contributed by atoms with E-state index in [0.29, 0.717) is 13.1 Å². The van der Waals surface area contributed by atoms with Crippen molar-refractivity contribution in [1.82, 2.24) is 24.3 Å². The molecule has 34 heavy (non-hydrogen) atoms. The number of hydrogen-bond donors (Lipinski definition) is 2. The summed E-state index contributed by atoms with van der Waals surface area (Å²) in [6, 6.07) is 13.0. The zero-order valence-corrected chi connectivity index (χ0v) is 19.7. The fourth-order valence-electron chi connectivity index (χ4n) is 4.11. The van der Waals surface area contributed by atoms with Gasteiger partial charge in [-0.1, -0.05) is 24.6 Å². The molecule has 0 spiro atoms. The van der Waals surface area contributed by atoms with Crippen molar-refractivity contribution in [2.24, 2.45) is 7.05 Å². The van der Waals surface area contributed by atoms with Crippen LogP contribution < -0.4 is 16.5 Å². The second-order valence-electron chi connectivity index (χ2n) is 8.23. The van der Waals surface area contributed by atoms with E-state index in [4.69, 9.17) is 0 Å². The molecule has 1 saturated heterocycles. The standard InChI is InChI=1S/C23H27N5O5S/c1-26-19-10-3-4-11-20(19)28(23(26)31)15-12-21(29)24-25-22(30)17-8-7-9-18(16-17)34(32,33)27-13-5-2-6-14-27/h3-4,7-11,16H,2,5-6,12-15H2,1H3,(H,24,29)(H,25,30). The third-order valence-electron chi connectivity index (χ3n) is 5.98. The predicted molar refractivity (Wildman–Crippen MR) is 126 cm³/mol. The quantitative estimate of drug-likeness (QED) is 0.511. The van der Waals surface area contributed by atoms with Crippen LogP contribution in [0.3, 0.4) is 0 Å². The fraction of sp³-hybridized carbons (Fsp3) is 0.348. The van der Waals surface area contributed by atoms with E-state index >= 15 is 0 Å². The molecule has 1 aliphatic heterocycles. The molecular weight excluding hydrogens is 458 g/mol. The normalized spacial score (nSPS) is 14.7. The molecule has 2 heterocycles. The molecule has 2 N–H and O–H groups in total. The summed E-state index contributed by atoms with van der Waals surface area (Å²) in [7, 11) is -2.01. The molecule has 1 aromatic heterocycles. The third-order valence-corrected chi connectivity index (χ3v) is 7.87. The van der Waals surface area contributed by atoms with E-state index in [1.165, 1.54) is 37.7 Å². The SMILES string of the molecule is Cn1c(=O)n(CCC(=O)NNC(=O)c2cccc(S(=O)(=O)N3CCCCC3)c2)c2ccccc21. The van der Waals surface area contributed by atoms with Gasteiger partial charge in [0.1, 0.15) is 0 Å². The smallest absolute Gasteiger partial charge is 0.295 e. The van der Waals surface area contributed by atoms with E-state index in [0.717, 1.165) is 30.3 Å². The Labute approximate surface area is 197 Å². The van der Waals surface area contributed by atoms with Gasteiger partial charge in [0.05, 0.1) is 15.9 Å². The number of fused-ring (bicyclic) bond motifs is 1. The summed E-state index contributed by atoms with van der Waals surface area (Å²) >= 11 is 0. The molecule has 0 aliphatic carbocycles. The van der Waals surface area contributed by atoms with Gasteiger partial charge in [0, 0.05) is 38.7 Å². The highest BCUT2D eigenvalue weighted by molar-refractivity contribution is 7.89. The molecule has 180 valence electrons. The maximum absolute atomic E-state index is 12.9. The largest absolute Gasteiger partial charge is 0.328 e. The molecule has 1 fully saturated rings. The minimum Gasteiger partial charge on any atom is -0.295 e. The highest BCUT2D eigenvalue weighted by Crippen LogP contribution is 2.21. The van der Waals surface area contributed by atoms with E-state index in [1.807, 2.05) is 18.2 Å². The van der Waals surface area contributed by atoms with E-state index in [9.17, 15) is 22.8 Å². The first-order valence-electron chi connectivity index (χ1n) is 11.1. The summed E-state index contributed by atoms with van der Waals surface area (Å²) in [5.74, 6) is -1.11. The Kier molecular flexibility index (Phi) is 6.85. The molecule has 0 radical (unpaired) electrons. The van der Waals surface area contributed by atoms with Crippen LogP contribution in [0.15, 0.2) is 58.2 Å². The van der Waals surface area contributed by atoms with Gasteiger partial charge in [-0.05, 0) is 43.2 Å². The molecule has 3 aromatic rings. The summed E-state index contributed by atoms with van der Waals surface area (Å²) in [5.41, 5.74) is 6.01. The van der Waals surface area contributed by atoms with Gasteiger partial charge >= 0.3 is 5.69 Å². The van der Waals surface area contributed by atoms with Gasteiger partial charge < -0.3 is 0 Å².